The van der Waals surface area contributed by atoms with E-state index in [2.05, 4.69) is 48.5 Å². The van der Waals surface area contributed by atoms with Crippen LogP contribution in [0, 0.1) is 17.8 Å². The highest BCUT2D eigenvalue weighted by Crippen LogP contribution is 2.45. The van der Waals surface area contributed by atoms with Gasteiger partial charge in [0.2, 0.25) is 0 Å². The minimum atomic E-state index is -4.97. The van der Waals surface area contributed by atoms with Crippen molar-refractivity contribution in [3.05, 3.63) is 0 Å². The number of hydrogen-bond donors (Lipinski definition) is 3. The van der Waals surface area contributed by atoms with Crippen LogP contribution in [-0.4, -0.2) is 96.7 Å². The first kappa shape index (κ1) is 103. The van der Waals surface area contributed by atoms with Gasteiger partial charge in [-0.2, -0.15) is 0 Å². The Labute approximate surface area is 645 Å². The van der Waals surface area contributed by atoms with Gasteiger partial charge >= 0.3 is 39.5 Å². The molecule has 0 bridgehead atoms. The smallest absolute Gasteiger partial charge is 0.462 e. The number of esters is 4. The number of carbonyl (C=O) groups is 4. The normalized spacial score (nSPS) is 14.1. The molecule has 0 saturated carbocycles. The molecular weight excluding hydrogens is 1370 g/mol. The summed E-state index contributed by atoms with van der Waals surface area (Å²) in [7, 11) is -9.93. The van der Waals surface area contributed by atoms with E-state index in [-0.39, 0.29) is 25.7 Å². The zero-order valence-corrected chi connectivity index (χ0v) is 71.0. The monoisotopic (exact) mass is 1540 g/mol. The predicted octanol–water partition coefficient (Wildman–Crippen LogP) is 26.1. The molecule has 0 radical (unpaired) electrons. The number of unbranched alkanes of at least 4 members (excludes halogenated alkanes) is 51. The van der Waals surface area contributed by atoms with Gasteiger partial charge in [0.15, 0.2) is 12.2 Å². The lowest BCUT2D eigenvalue weighted by molar-refractivity contribution is -0.161. The Balaban J connectivity index is 5.22. The third-order valence-corrected chi connectivity index (χ3v) is 22.4. The standard InChI is InChI=1S/C86H168O17P2/c1-8-10-11-12-13-14-15-16-17-18-19-23-26-29-34-39-46-53-60-67-83(88)96-73-81(102-85(90)69-62-55-47-40-35-30-27-24-21-20-22-25-28-33-38-45-52-59-66-79(7)9-2)75-100-104(92,93)98-71-80(87)72-99-105(94,95)101-76-82(74-97-84(89)68-61-54-49-42-44-51-58-65-78(5)6)103-86(91)70-63-56-48-41-36-31-32-37-43-50-57-64-77(3)4/h77-82,87H,8-76H2,1-7H3,(H,92,93)(H,94,95)/t79?,80-,81-,82-/m1/s1. The number of ether oxygens (including phenoxy) is 4. The van der Waals surface area contributed by atoms with Gasteiger partial charge in [0.05, 0.1) is 26.4 Å². The summed E-state index contributed by atoms with van der Waals surface area (Å²) in [4.78, 5) is 73.2. The molecule has 0 aliphatic rings. The molecule has 0 aromatic rings. The Hall–Kier alpha value is -1.94. The second-order valence-corrected chi connectivity index (χ2v) is 35.0. The summed E-state index contributed by atoms with van der Waals surface area (Å²) in [6.07, 6.45) is 66.8. The van der Waals surface area contributed by atoms with Gasteiger partial charge in [-0.05, 0) is 43.4 Å². The molecule has 0 heterocycles. The highest BCUT2D eigenvalue weighted by Gasteiger charge is 2.30. The van der Waals surface area contributed by atoms with Crippen LogP contribution in [0.4, 0.5) is 0 Å². The quantitative estimate of drug-likeness (QED) is 0.0222. The summed E-state index contributed by atoms with van der Waals surface area (Å²) in [5.41, 5.74) is 0. The molecule has 3 unspecified atom stereocenters. The first-order chi connectivity index (χ1) is 50.8. The van der Waals surface area contributed by atoms with Crippen LogP contribution in [0.3, 0.4) is 0 Å². The average Bonchev–Trinajstić information content (AvgIpc) is 0.904. The predicted molar refractivity (Wildman–Crippen MR) is 432 cm³/mol. The van der Waals surface area contributed by atoms with Crippen molar-refractivity contribution >= 4 is 39.5 Å². The van der Waals surface area contributed by atoms with Crippen molar-refractivity contribution in [3.8, 4) is 0 Å². The van der Waals surface area contributed by atoms with Crippen LogP contribution in [0.2, 0.25) is 0 Å². The molecule has 0 spiro atoms. The Morgan fingerprint density at radius 1 is 0.276 bits per heavy atom. The second-order valence-electron chi connectivity index (χ2n) is 32.1. The molecular formula is C86H168O17P2. The maximum atomic E-state index is 13.1. The van der Waals surface area contributed by atoms with Crippen LogP contribution in [0.15, 0.2) is 0 Å². The first-order valence-corrected chi connectivity index (χ1v) is 47.4. The van der Waals surface area contributed by atoms with Gasteiger partial charge in [-0.3, -0.25) is 37.3 Å². The molecule has 0 fully saturated rings. The Kier molecular flexibility index (Phi) is 74.7. The van der Waals surface area contributed by atoms with E-state index in [0.717, 1.165) is 108 Å². The average molecular weight is 1540 g/mol. The molecule has 624 valence electrons. The van der Waals surface area contributed by atoms with Gasteiger partial charge in [-0.25, -0.2) is 9.13 Å². The van der Waals surface area contributed by atoms with Crippen LogP contribution in [-0.2, 0) is 65.4 Å². The van der Waals surface area contributed by atoms with Crippen molar-refractivity contribution in [3.63, 3.8) is 0 Å². The van der Waals surface area contributed by atoms with E-state index in [4.69, 9.17) is 37.0 Å². The maximum Gasteiger partial charge on any atom is 0.472 e. The summed E-state index contributed by atoms with van der Waals surface area (Å²) in [6.45, 7) is 12.0. The minimum Gasteiger partial charge on any atom is -0.462 e. The van der Waals surface area contributed by atoms with E-state index >= 15 is 0 Å². The van der Waals surface area contributed by atoms with Crippen molar-refractivity contribution in [2.24, 2.45) is 17.8 Å². The zero-order chi connectivity index (χ0) is 77.2. The van der Waals surface area contributed by atoms with E-state index in [0.29, 0.717) is 31.6 Å². The van der Waals surface area contributed by atoms with Gasteiger partial charge in [-0.15, -0.1) is 0 Å². The number of aliphatic hydroxyl groups excluding tert-OH is 1. The SMILES string of the molecule is CCCCCCCCCCCCCCCCCCCCCC(=O)OC[C@H](COP(=O)(O)OC[C@@H](O)COP(=O)(O)OC[C@@H](COC(=O)CCCCCCCCCC(C)C)OC(=O)CCCCCCCCCCCCCC(C)C)OC(=O)CCCCCCCCCCCCCCCCCCCCC(C)CC. The van der Waals surface area contributed by atoms with Gasteiger partial charge in [0.1, 0.15) is 19.3 Å². The van der Waals surface area contributed by atoms with Crippen molar-refractivity contribution in [2.45, 2.75) is 471 Å². The molecule has 3 N–H and O–H groups in total. The van der Waals surface area contributed by atoms with E-state index < -0.39 is 97.5 Å². The van der Waals surface area contributed by atoms with E-state index in [1.807, 2.05) is 0 Å². The summed E-state index contributed by atoms with van der Waals surface area (Å²) in [5.74, 6) is 0.234. The fourth-order valence-electron chi connectivity index (χ4n) is 13.3. The van der Waals surface area contributed by atoms with E-state index in [9.17, 15) is 43.2 Å². The molecule has 0 saturated heterocycles. The molecule has 105 heavy (non-hydrogen) atoms. The number of carbonyl (C=O) groups excluding carboxylic acids is 4. The van der Waals surface area contributed by atoms with Gasteiger partial charge in [0, 0.05) is 25.7 Å². The maximum absolute atomic E-state index is 13.1. The summed E-state index contributed by atoms with van der Waals surface area (Å²) >= 11 is 0. The molecule has 0 aliphatic heterocycles. The Bertz CT molecular complexity index is 2030. The van der Waals surface area contributed by atoms with Gasteiger partial charge in [0.25, 0.3) is 0 Å². The highest BCUT2D eigenvalue weighted by atomic mass is 31.2. The number of rotatable bonds is 84. The molecule has 17 nitrogen and oxygen atoms in total. The number of aliphatic hydroxyl groups is 1. The minimum absolute atomic E-state index is 0.106. The van der Waals surface area contributed by atoms with E-state index in [1.165, 1.54) is 257 Å². The lowest BCUT2D eigenvalue weighted by atomic mass is 9.99. The fourth-order valence-corrected chi connectivity index (χ4v) is 14.9. The first-order valence-electron chi connectivity index (χ1n) is 44.4. The Morgan fingerprint density at radius 3 is 0.724 bits per heavy atom. The third kappa shape index (κ3) is 78.5. The Morgan fingerprint density at radius 2 is 0.486 bits per heavy atom. The fraction of sp³-hybridized carbons (Fsp3) is 0.953. The van der Waals surface area contributed by atoms with Gasteiger partial charge in [-0.1, -0.05) is 402 Å². The molecule has 0 amide bonds. The van der Waals surface area contributed by atoms with Crippen molar-refractivity contribution in [1.29, 1.82) is 0 Å². The number of phosphoric ester groups is 2. The summed E-state index contributed by atoms with van der Waals surface area (Å²) in [6, 6.07) is 0. The second kappa shape index (κ2) is 76.1. The number of hydrogen-bond acceptors (Lipinski definition) is 15. The number of phosphoric acid groups is 2. The molecule has 0 aromatic heterocycles. The lowest BCUT2D eigenvalue weighted by Crippen LogP contribution is -2.30. The van der Waals surface area contributed by atoms with E-state index in [1.54, 1.807) is 0 Å². The summed E-state index contributed by atoms with van der Waals surface area (Å²) < 4.78 is 68.9. The molecule has 0 rings (SSSR count). The lowest BCUT2D eigenvalue weighted by Gasteiger charge is -2.21. The van der Waals surface area contributed by atoms with Crippen LogP contribution < -0.4 is 0 Å². The van der Waals surface area contributed by atoms with Crippen molar-refractivity contribution in [2.75, 3.05) is 39.6 Å². The van der Waals surface area contributed by atoms with Crippen LogP contribution in [0.5, 0.6) is 0 Å². The largest absolute Gasteiger partial charge is 0.472 e. The molecule has 6 atom stereocenters. The van der Waals surface area contributed by atoms with Crippen LogP contribution in [0.1, 0.15) is 453 Å². The van der Waals surface area contributed by atoms with Crippen LogP contribution >= 0.6 is 15.6 Å². The molecule has 19 heteroatoms. The van der Waals surface area contributed by atoms with Crippen LogP contribution in [0.25, 0.3) is 0 Å². The summed E-state index contributed by atoms with van der Waals surface area (Å²) in [5, 5.41) is 10.7. The molecule has 0 aromatic carbocycles. The van der Waals surface area contributed by atoms with Crippen molar-refractivity contribution in [1.82, 2.24) is 0 Å². The van der Waals surface area contributed by atoms with Crippen molar-refractivity contribution < 1.29 is 80.2 Å². The highest BCUT2D eigenvalue weighted by molar-refractivity contribution is 7.47. The van der Waals surface area contributed by atoms with Gasteiger partial charge < -0.3 is 33.8 Å². The topological polar surface area (TPSA) is 237 Å². The zero-order valence-electron chi connectivity index (χ0n) is 69.2. The third-order valence-electron chi connectivity index (χ3n) is 20.5. The molecule has 0 aliphatic carbocycles.